The molecule has 156 valence electrons. The predicted molar refractivity (Wildman–Crippen MR) is 104 cm³/mol. The summed E-state index contributed by atoms with van der Waals surface area (Å²) >= 11 is 0. The van der Waals surface area contributed by atoms with Crippen molar-refractivity contribution in [2.24, 2.45) is 0 Å². The van der Waals surface area contributed by atoms with E-state index in [9.17, 15) is 13.6 Å². The Balaban J connectivity index is 1.41. The second kappa shape index (κ2) is 7.67. The van der Waals surface area contributed by atoms with Crippen LogP contribution in [0.25, 0.3) is 11.5 Å². The number of rotatable bonds is 4. The Hall–Kier alpha value is -4.02. The number of pyridine rings is 1. The highest BCUT2D eigenvalue weighted by atomic mass is 19.1. The van der Waals surface area contributed by atoms with Crippen LogP contribution in [0.5, 0.6) is 0 Å². The molecule has 1 unspecified atom stereocenters. The molecule has 0 spiro atoms. The molecular formula is C20H16F2N8O. The molecule has 1 N–H and O–H groups in total. The van der Waals surface area contributed by atoms with Crippen molar-refractivity contribution in [1.29, 1.82) is 0 Å². The Morgan fingerprint density at radius 1 is 1.16 bits per heavy atom. The fourth-order valence-electron chi connectivity index (χ4n) is 3.78. The minimum Gasteiger partial charge on any atom is -0.345 e. The first kappa shape index (κ1) is 19.0. The van der Waals surface area contributed by atoms with Gasteiger partial charge in [0.1, 0.15) is 18.0 Å². The maximum atomic E-state index is 13.7. The van der Waals surface area contributed by atoms with Gasteiger partial charge in [-0.1, -0.05) is 0 Å². The smallest absolute Gasteiger partial charge is 0.251 e. The van der Waals surface area contributed by atoms with Crippen molar-refractivity contribution < 1.29 is 13.6 Å². The molecule has 5 rings (SSSR count). The van der Waals surface area contributed by atoms with Gasteiger partial charge in [-0.15, -0.1) is 5.10 Å². The Labute approximate surface area is 174 Å². The molecule has 0 radical (unpaired) electrons. The minimum atomic E-state index is -0.670. The standard InChI is InChI=1S/C20H16F2N8O/c21-13-7-14(22)9-15(8-13)30-18-3-1-2-17(16(18)10-25-30)26-20(31)12-4-5-23-19(6-12)29-11-24-27-28-29/h4-11,17H,1-3H2,(H,26,31). The van der Waals surface area contributed by atoms with E-state index in [0.29, 0.717) is 23.5 Å². The molecule has 1 aliphatic carbocycles. The Kier molecular flexibility index (Phi) is 4.69. The average Bonchev–Trinajstić information content (AvgIpc) is 3.44. The molecule has 11 heteroatoms. The monoisotopic (exact) mass is 422 g/mol. The lowest BCUT2D eigenvalue weighted by molar-refractivity contribution is 0.0932. The van der Waals surface area contributed by atoms with Gasteiger partial charge in [0.15, 0.2) is 5.82 Å². The summed E-state index contributed by atoms with van der Waals surface area (Å²) in [6, 6.07) is 6.21. The van der Waals surface area contributed by atoms with Crippen molar-refractivity contribution in [3.05, 3.63) is 77.5 Å². The number of tetrazole rings is 1. The summed E-state index contributed by atoms with van der Waals surface area (Å²) in [5.41, 5.74) is 2.38. The van der Waals surface area contributed by atoms with Gasteiger partial charge >= 0.3 is 0 Å². The van der Waals surface area contributed by atoms with Gasteiger partial charge in [0.2, 0.25) is 0 Å². The van der Waals surface area contributed by atoms with Crippen molar-refractivity contribution in [1.82, 2.24) is 40.3 Å². The molecule has 3 heterocycles. The van der Waals surface area contributed by atoms with E-state index in [-0.39, 0.29) is 11.9 Å². The van der Waals surface area contributed by atoms with Gasteiger partial charge < -0.3 is 5.32 Å². The number of nitrogens with one attached hydrogen (secondary N) is 1. The minimum absolute atomic E-state index is 0.270. The van der Waals surface area contributed by atoms with Crippen LogP contribution >= 0.6 is 0 Å². The molecule has 1 atom stereocenters. The van der Waals surface area contributed by atoms with Crippen molar-refractivity contribution in [3.63, 3.8) is 0 Å². The number of carbonyl (C=O) groups is 1. The highest BCUT2D eigenvalue weighted by Gasteiger charge is 2.27. The Bertz CT molecular complexity index is 1230. The van der Waals surface area contributed by atoms with Crippen LogP contribution in [0.2, 0.25) is 0 Å². The molecule has 9 nitrogen and oxygen atoms in total. The number of benzene rings is 1. The number of carbonyl (C=O) groups excluding carboxylic acids is 1. The molecular weight excluding hydrogens is 406 g/mol. The number of amides is 1. The normalized spacial score (nSPS) is 15.5. The van der Waals surface area contributed by atoms with E-state index in [0.717, 1.165) is 30.2 Å². The highest BCUT2D eigenvalue weighted by Crippen LogP contribution is 2.31. The van der Waals surface area contributed by atoms with Crippen molar-refractivity contribution in [3.8, 4) is 11.5 Å². The summed E-state index contributed by atoms with van der Waals surface area (Å²) in [4.78, 5) is 17.0. The van der Waals surface area contributed by atoms with Gasteiger partial charge in [0.05, 0.1) is 17.9 Å². The molecule has 4 aromatic rings. The van der Waals surface area contributed by atoms with E-state index in [1.54, 1.807) is 18.3 Å². The van der Waals surface area contributed by atoms with Crippen LogP contribution in [-0.4, -0.2) is 40.9 Å². The lowest BCUT2D eigenvalue weighted by atomic mass is 9.92. The van der Waals surface area contributed by atoms with Gasteiger partial charge in [-0.25, -0.2) is 18.4 Å². The van der Waals surface area contributed by atoms with E-state index >= 15 is 0 Å². The molecule has 31 heavy (non-hydrogen) atoms. The van der Waals surface area contributed by atoms with Crippen molar-refractivity contribution in [2.75, 3.05) is 0 Å². The second-order valence-electron chi connectivity index (χ2n) is 7.16. The lowest BCUT2D eigenvalue weighted by Gasteiger charge is -2.24. The maximum Gasteiger partial charge on any atom is 0.251 e. The molecule has 3 aromatic heterocycles. The van der Waals surface area contributed by atoms with E-state index in [4.69, 9.17) is 0 Å². The van der Waals surface area contributed by atoms with E-state index in [1.165, 1.54) is 34.0 Å². The largest absolute Gasteiger partial charge is 0.345 e. The molecule has 0 saturated heterocycles. The first-order valence-electron chi connectivity index (χ1n) is 9.62. The van der Waals surface area contributed by atoms with Crippen molar-refractivity contribution in [2.45, 2.75) is 25.3 Å². The maximum absolute atomic E-state index is 13.7. The van der Waals surface area contributed by atoms with E-state index in [1.807, 2.05) is 0 Å². The Morgan fingerprint density at radius 3 is 2.77 bits per heavy atom. The third-order valence-corrected chi connectivity index (χ3v) is 5.17. The first-order valence-corrected chi connectivity index (χ1v) is 9.62. The molecule has 0 saturated carbocycles. The van der Waals surface area contributed by atoms with Crippen LogP contribution in [0, 0.1) is 11.6 Å². The first-order chi connectivity index (χ1) is 15.1. The topological polar surface area (TPSA) is 103 Å². The zero-order valence-electron chi connectivity index (χ0n) is 16.1. The molecule has 1 aliphatic rings. The third-order valence-electron chi connectivity index (χ3n) is 5.17. The van der Waals surface area contributed by atoms with Crippen molar-refractivity contribution >= 4 is 5.91 Å². The Morgan fingerprint density at radius 2 is 2.00 bits per heavy atom. The quantitative estimate of drug-likeness (QED) is 0.541. The number of aromatic nitrogens is 7. The van der Waals surface area contributed by atoms with Gasteiger partial charge in [0, 0.05) is 29.1 Å². The summed E-state index contributed by atoms with van der Waals surface area (Å²) in [6.07, 6.45) is 6.76. The fraction of sp³-hybridized carbons (Fsp3) is 0.200. The number of nitrogens with zero attached hydrogens (tertiary/aromatic N) is 7. The fourth-order valence-corrected chi connectivity index (χ4v) is 3.78. The summed E-state index contributed by atoms with van der Waals surface area (Å²) in [5, 5.41) is 18.3. The van der Waals surface area contributed by atoms with Gasteiger partial charge in [-0.05, 0) is 54.0 Å². The van der Waals surface area contributed by atoms with Crippen LogP contribution in [-0.2, 0) is 6.42 Å². The van der Waals surface area contributed by atoms with E-state index in [2.05, 4.69) is 30.9 Å². The SMILES string of the molecule is O=C(NC1CCCc2c1cnn2-c1cc(F)cc(F)c1)c1ccnc(-n2cnnn2)c1. The van der Waals surface area contributed by atoms with Crippen LogP contribution in [0.1, 0.15) is 40.5 Å². The van der Waals surface area contributed by atoms with E-state index < -0.39 is 11.6 Å². The summed E-state index contributed by atoms with van der Waals surface area (Å²) in [7, 11) is 0. The van der Waals surface area contributed by atoms with Gasteiger partial charge in [-0.2, -0.15) is 9.78 Å². The van der Waals surface area contributed by atoms with Gasteiger partial charge in [0.25, 0.3) is 5.91 Å². The highest BCUT2D eigenvalue weighted by molar-refractivity contribution is 5.94. The number of fused-ring (bicyclic) bond motifs is 1. The number of hydrogen-bond acceptors (Lipinski definition) is 6. The predicted octanol–water partition coefficient (Wildman–Crippen LogP) is 2.33. The average molecular weight is 422 g/mol. The van der Waals surface area contributed by atoms with Crippen LogP contribution < -0.4 is 5.32 Å². The molecule has 1 aromatic carbocycles. The summed E-state index contributed by atoms with van der Waals surface area (Å²) in [5.74, 6) is -1.20. The van der Waals surface area contributed by atoms with Crippen LogP contribution in [0.4, 0.5) is 8.78 Å². The lowest BCUT2D eigenvalue weighted by Crippen LogP contribution is -2.31. The third kappa shape index (κ3) is 3.65. The van der Waals surface area contributed by atoms with Crippen LogP contribution in [0.15, 0.2) is 49.1 Å². The number of hydrogen-bond donors (Lipinski definition) is 1. The molecule has 0 fully saturated rings. The summed E-state index contributed by atoms with van der Waals surface area (Å²) in [6.45, 7) is 0. The number of halogens is 2. The van der Waals surface area contributed by atoms with Crippen LogP contribution in [0.3, 0.4) is 0 Å². The molecule has 0 aliphatic heterocycles. The summed E-state index contributed by atoms with van der Waals surface area (Å²) < 4.78 is 30.2. The van der Waals surface area contributed by atoms with Gasteiger partial charge in [-0.3, -0.25) is 4.79 Å². The molecule has 1 amide bonds. The zero-order chi connectivity index (χ0) is 21.4. The zero-order valence-corrected chi connectivity index (χ0v) is 16.1. The second-order valence-corrected chi connectivity index (χ2v) is 7.16. The molecule has 0 bridgehead atoms.